The summed E-state index contributed by atoms with van der Waals surface area (Å²) in [5.41, 5.74) is 1.38. The van der Waals surface area contributed by atoms with E-state index in [1.165, 1.54) is 18.3 Å². The van der Waals surface area contributed by atoms with Crippen molar-refractivity contribution in [3.8, 4) is 11.5 Å². The maximum absolute atomic E-state index is 12.5. The molecule has 10 heteroatoms. The van der Waals surface area contributed by atoms with E-state index in [-0.39, 0.29) is 11.8 Å². The van der Waals surface area contributed by atoms with Crippen molar-refractivity contribution in [1.82, 2.24) is 25.4 Å². The highest BCUT2D eigenvalue weighted by Crippen LogP contribution is 2.27. The van der Waals surface area contributed by atoms with Gasteiger partial charge in [-0.3, -0.25) is 14.3 Å². The number of aromatic nitrogens is 3. The monoisotopic (exact) mass is 388 g/mol. The van der Waals surface area contributed by atoms with Crippen LogP contribution < -0.4 is 16.0 Å². The van der Waals surface area contributed by atoms with Crippen molar-refractivity contribution in [3.63, 3.8) is 0 Å². The SMILES string of the molecule is CNC(C(=O)Nc1nc(-c2ccc(CNC(C)=O)o2)cs1)c1cnn(C)c1. The molecule has 0 saturated carbocycles. The van der Waals surface area contributed by atoms with Gasteiger partial charge >= 0.3 is 0 Å². The predicted molar refractivity (Wildman–Crippen MR) is 101 cm³/mol. The van der Waals surface area contributed by atoms with Crippen molar-refractivity contribution in [2.75, 3.05) is 12.4 Å². The van der Waals surface area contributed by atoms with Crippen LogP contribution in [0.4, 0.5) is 5.13 Å². The third-order valence-electron chi connectivity index (χ3n) is 3.77. The zero-order valence-corrected chi connectivity index (χ0v) is 16.0. The van der Waals surface area contributed by atoms with E-state index >= 15 is 0 Å². The molecule has 0 fully saturated rings. The Hall–Kier alpha value is -2.98. The summed E-state index contributed by atoms with van der Waals surface area (Å²) in [4.78, 5) is 27.9. The van der Waals surface area contributed by atoms with Gasteiger partial charge in [0, 0.05) is 31.1 Å². The van der Waals surface area contributed by atoms with Gasteiger partial charge in [0.05, 0.1) is 12.7 Å². The van der Waals surface area contributed by atoms with Gasteiger partial charge in [0.1, 0.15) is 17.5 Å². The van der Waals surface area contributed by atoms with Gasteiger partial charge in [-0.2, -0.15) is 5.10 Å². The quantitative estimate of drug-likeness (QED) is 0.567. The van der Waals surface area contributed by atoms with Gasteiger partial charge in [-0.1, -0.05) is 0 Å². The Kier molecular flexibility index (Phi) is 5.67. The number of hydrogen-bond donors (Lipinski definition) is 3. The van der Waals surface area contributed by atoms with Crippen molar-refractivity contribution in [2.45, 2.75) is 19.5 Å². The van der Waals surface area contributed by atoms with Gasteiger partial charge in [0.2, 0.25) is 11.8 Å². The van der Waals surface area contributed by atoms with E-state index in [9.17, 15) is 9.59 Å². The zero-order chi connectivity index (χ0) is 19.4. The summed E-state index contributed by atoms with van der Waals surface area (Å²) >= 11 is 1.31. The Morgan fingerprint density at radius 3 is 2.85 bits per heavy atom. The van der Waals surface area contributed by atoms with Crippen molar-refractivity contribution in [2.24, 2.45) is 7.05 Å². The third-order valence-corrected chi connectivity index (χ3v) is 4.53. The number of hydrogen-bond acceptors (Lipinski definition) is 7. The van der Waals surface area contributed by atoms with E-state index in [4.69, 9.17) is 4.42 Å². The van der Waals surface area contributed by atoms with Gasteiger partial charge < -0.3 is 20.4 Å². The minimum atomic E-state index is -0.529. The lowest BCUT2D eigenvalue weighted by Gasteiger charge is -2.12. The van der Waals surface area contributed by atoms with Crippen LogP contribution in [0.25, 0.3) is 11.5 Å². The number of anilines is 1. The van der Waals surface area contributed by atoms with Gasteiger partial charge in [-0.15, -0.1) is 11.3 Å². The third kappa shape index (κ3) is 4.60. The van der Waals surface area contributed by atoms with Crippen LogP contribution in [0.3, 0.4) is 0 Å². The van der Waals surface area contributed by atoms with Gasteiger partial charge in [0.15, 0.2) is 10.9 Å². The van der Waals surface area contributed by atoms with Crippen molar-refractivity contribution in [1.29, 1.82) is 0 Å². The Balaban J connectivity index is 1.67. The maximum atomic E-state index is 12.5. The molecular weight excluding hydrogens is 368 g/mol. The molecule has 27 heavy (non-hydrogen) atoms. The smallest absolute Gasteiger partial charge is 0.247 e. The van der Waals surface area contributed by atoms with Crippen LogP contribution in [0.5, 0.6) is 0 Å². The minimum Gasteiger partial charge on any atom is -0.458 e. The van der Waals surface area contributed by atoms with Crippen molar-refractivity contribution >= 4 is 28.3 Å². The zero-order valence-electron chi connectivity index (χ0n) is 15.1. The molecule has 0 aliphatic heterocycles. The molecule has 1 atom stereocenters. The maximum Gasteiger partial charge on any atom is 0.247 e. The number of amides is 2. The van der Waals surface area contributed by atoms with E-state index in [1.807, 2.05) is 0 Å². The van der Waals surface area contributed by atoms with E-state index in [0.29, 0.717) is 28.9 Å². The molecule has 0 aliphatic rings. The predicted octanol–water partition coefficient (Wildman–Crippen LogP) is 1.67. The van der Waals surface area contributed by atoms with E-state index < -0.39 is 6.04 Å². The highest BCUT2D eigenvalue weighted by molar-refractivity contribution is 7.14. The van der Waals surface area contributed by atoms with Crippen LogP contribution in [0.15, 0.2) is 34.3 Å². The molecule has 3 aromatic heterocycles. The molecule has 9 nitrogen and oxygen atoms in total. The summed E-state index contributed by atoms with van der Waals surface area (Å²) in [7, 11) is 3.51. The molecule has 0 aromatic carbocycles. The normalized spacial score (nSPS) is 12.0. The van der Waals surface area contributed by atoms with Crippen LogP contribution in [-0.4, -0.2) is 33.6 Å². The molecule has 3 rings (SSSR count). The fourth-order valence-corrected chi connectivity index (χ4v) is 3.19. The Morgan fingerprint density at radius 2 is 2.19 bits per heavy atom. The Labute approximate surface area is 159 Å². The lowest BCUT2D eigenvalue weighted by molar-refractivity contribution is -0.119. The lowest BCUT2D eigenvalue weighted by Crippen LogP contribution is -2.30. The van der Waals surface area contributed by atoms with E-state index in [1.54, 1.807) is 48.7 Å². The first kappa shape index (κ1) is 18.8. The highest BCUT2D eigenvalue weighted by Gasteiger charge is 2.21. The topological polar surface area (TPSA) is 114 Å². The molecule has 0 aliphatic carbocycles. The second-order valence-electron chi connectivity index (χ2n) is 5.87. The Morgan fingerprint density at radius 1 is 1.37 bits per heavy atom. The largest absolute Gasteiger partial charge is 0.458 e. The molecule has 0 radical (unpaired) electrons. The van der Waals surface area contributed by atoms with Gasteiger partial charge in [-0.05, 0) is 19.2 Å². The molecule has 3 N–H and O–H groups in total. The number of thiazole rings is 1. The van der Waals surface area contributed by atoms with Gasteiger partial charge in [0.25, 0.3) is 0 Å². The molecule has 0 bridgehead atoms. The Bertz CT molecular complexity index is 944. The average molecular weight is 388 g/mol. The number of furan rings is 1. The van der Waals surface area contributed by atoms with Crippen molar-refractivity contribution in [3.05, 3.63) is 41.2 Å². The summed E-state index contributed by atoms with van der Waals surface area (Å²) in [6, 6.07) is 3.03. The molecule has 0 saturated heterocycles. The number of rotatable bonds is 7. The van der Waals surface area contributed by atoms with Crippen LogP contribution >= 0.6 is 11.3 Å². The second-order valence-corrected chi connectivity index (χ2v) is 6.73. The first-order valence-electron chi connectivity index (χ1n) is 8.22. The standard InChI is InChI=1S/C17H20N6O3S/c1-10(24)19-7-12-4-5-14(26-12)13-9-27-17(21-13)22-16(25)15(18-2)11-6-20-23(3)8-11/h4-6,8-9,15,18H,7H2,1-3H3,(H,19,24)(H,21,22,25). The number of nitrogens with zero attached hydrogens (tertiary/aromatic N) is 3. The number of aryl methyl sites for hydroxylation is 1. The van der Waals surface area contributed by atoms with E-state index in [2.05, 4.69) is 26.0 Å². The number of nitrogens with one attached hydrogen (secondary N) is 3. The van der Waals surface area contributed by atoms with Crippen LogP contribution in [0.2, 0.25) is 0 Å². The number of likely N-dealkylation sites (N-methyl/N-ethyl adjacent to an activating group) is 1. The number of carbonyl (C=O) groups excluding carboxylic acids is 2. The first-order chi connectivity index (χ1) is 13.0. The fourth-order valence-electron chi connectivity index (χ4n) is 2.48. The highest BCUT2D eigenvalue weighted by atomic mass is 32.1. The molecule has 2 amide bonds. The molecule has 0 spiro atoms. The lowest BCUT2D eigenvalue weighted by atomic mass is 10.1. The van der Waals surface area contributed by atoms with Crippen LogP contribution in [0, 0.1) is 0 Å². The van der Waals surface area contributed by atoms with Gasteiger partial charge in [-0.25, -0.2) is 4.98 Å². The minimum absolute atomic E-state index is 0.126. The molecule has 142 valence electrons. The van der Waals surface area contributed by atoms with Crippen LogP contribution in [-0.2, 0) is 23.2 Å². The number of carbonyl (C=O) groups is 2. The summed E-state index contributed by atoms with van der Waals surface area (Å²) in [5, 5.41) is 14.8. The second kappa shape index (κ2) is 8.14. The van der Waals surface area contributed by atoms with E-state index in [0.717, 1.165) is 5.56 Å². The average Bonchev–Trinajstić information content (AvgIpc) is 3.35. The molecule has 3 heterocycles. The van der Waals surface area contributed by atoms with Crippen LogP contribution in [0.1, 0.15) is 24.3 Å². The molecular formula is C17H20N6O3S. The summed E-state index contributed by atoms with van der Waals surface area (Å²) in [5.74, 6) is 0.853. The fraction of sp³-hybridized carbons (Fsp3) is 0.294. The van der Waals surface area contributed by atoms with Crippen molar-refractivity contribution < 1.29 is 14.0 Å². The first-order valence-corrected chi connectivity index (χ1v) is 9.10. The molecule has 1 unspecified atom stereocenters. The summed E-state index contributed by atoms with van der Waals surface area (Å²) < 4.78 is 7.32. The summed E-state index contributed by atoms with van der Waals surface area (Å²) in [6.07, 6.45) is 3.43. The molecule has 3 aromatic rings. The summed E-state index contributed by atoms with van der Waals surface area (Å²) in [6.45, 7) is 1.77.